The van der Waals surface area contributed by atoms with Gasteiger partial charge in [-0.2, -0.15) is 0 Å². The molecule has 0 aromatic carbocycles. The first-order valence-corrected chi connectivity index (χ1v) is 5.94. The van der Waals surface area contributed by atoms with E-state index in [0.717, 1.165) is 0 Å². The summed E-state index contributed by atoms with van der Waals surface area (Å²) in [5, 5.41) is 2.60. The first-order valence-electron chi connectivity index (χ1n) is 5.94. The monoisotopic (exact) mass is 239 g/mol. The number of imide groups is 1. The minimum Gasteiger partial charge on any atom is -0.336 e. The molecule has 0 aliphatic carbocycles. The standard InChI is InChI=1S/C11H17N3O3/c1-8(15)9-2-5-13(6-3-9)11(17)14-7-4-12-10(14)16/h9H,2-7H2,1H3,(H,12,16). The van der Waals surface area contributed by atoms with Crippen molar-refractivity contribution in [2.75, 3.05) is 26.2 Å². The Labute approximate surface area is 99.9 Å². The van der Waals surface area contributed by atoms with E-state index in [1.165, 1.54) is 4.90 Å². The average Bonchev–Trinajstić information content (AvgIpc) is 2.74. The van der Waals surface area contributed by atoms with Gasteiger partial charge < -0.3 is 10.2 Å². The van der Waals surface area contributed by atoms with E-state index >= 15 is 0 Å². The maximum atomic E-state index is 12.0. The number of piperidine rings is 1. The van der Waals surface area contributed by atoms with E-state index in [1.807, 2.05) is 0 Å². The van der Waals surface area contributed by atoms with Gasteiger partial charge in [0.2, 0.25) is 0 Å². The van der Waals surface area contributed by atoms with Gasteiger partial charge in [-0.3, -0.25) is 4.79 Å². The Bertz CT molecular complexity index is 348. The van der Waals surface area contributed by atoms with E-state index < -0.39 is 0 Å². The van der Waals surface area contributed by atoms with Crippen LogP contribution >= 0.6 is 0 Å². The van der Waals surface area contributed by atoms with Crippen LogP contribution in [0.3, 0.4) is 0 Å². The van der Waals surface area contributed by atoms with Crippen molar-refractivity contribution >= 4 is 17.8 Å². The van der Waals surface area contributed by atoms with Gasteiger partial charge in [-0.05, 0) is 19.8 Å². The van der Waals surface area contributed by atoms with Gasteiger partial charge in [0, 0.05) is 32.1 Å². The summed E-state index contributed by atoms with van der Waals surface area (Å²) in [7, 11) is 0. The van der Waals surface area contributed by atoms with Gasteiger partial charge >= 0.3 is 12.1 Å². The van der Waals surface area contributed by atoms with Crippen molar-refractivity contribution in [3.63, 3.8) is 0 Å². The largest absolute Gasteiger partial charge is 0.336 e. The molecule has 0 spiro atoms. The van der Waals surface area contributed by atoms with Crippen molar-refractivity contribution in [1.29, 1.82) is 0 Å². The molecule has 0 unspecified atom stereocenters. The first-order chi connectivity index (χ1) is 8.09. The molecule has 6 nitrogen and oxygen atoms in total. The lowest BCUT2D eigenvalue weighted by Crippen LogP contribution is -2.48. The zero-order valence-corrected chi connectivity index (χ0v) is 9.94. The fraction of sp³-hybridized carbons (Fsp3) is 0.727. The molecule has 4 amide bonds. The van der Waals surface area contributed by atoms with Gasteiger partial charge in [-0.25, -0.2) is 14.5 Å². The second-order valence-electron chi connectivity index (χ2n) is 4.54. The van der Waals surface area contributed by atoms with Gasteiger partial charge in [-0.1, -0.05) is 0 Å². The maximum absolute atomic E-state index is 12.0. The quantitative estimate of drug-likeness (QED) is 0.721. The van der Waals surface area contributed by atoms with Gasteiger partial charge in [-0.15, -0.1) is 0 Å². The Hall–Kier alpha value is -1.59. The van der Waals surface area contributed by atoms with Crippen LogP contribution in [0.1, 0.15) is 19.8 Å². The van der Waals surface area contributed by atoms with Crippen LogP contribution in [0, 0.1) is 5.92 Å². The highest BCUT2D eigenvalue weighted by molar-refractivity contribution is 5.95. The van der Waals surface area contributed by atoms with E-state index in [9.17, 15) is 14.4 Å². The number of Topliss-reactive ketones (excluding diaryl/α,β-unsaturated/α-hetero) is 1. The van der Waals surface area contributed by atoms with Crippen LogP contribution in [-0.2, 0) is 4.79 Å². The van der Waals surface area contributed by atoms with Gasteiger partial charge in [0.25, 0.3) is 0 Å². The summed E-state index contributed by atoms with van der Waals surface area (Å²) in [5.41, 5.74) is 0. The Morgan fingerprint density at radius 2 is 1.88 bits per heavy atom. The van der Waals surface area contributed by atoms with E-state index in [4.69, 9.17) is 0 Å². The Morgan fingerprint density at radius 3 is 2.35 bits per heavy atom. The number of carbonyl (C=O) groups excluding carboxylic acids is 3. The Morgan fingerprint density at radius 1 is 1.24 bits per heavy atom. The Kier molecular flexibility index (Phi) is 3.31. The molecule has 2 fully saturated rings. The molecule has 94 valence electrons. The summed E-state index contributed by atoms with van der Waals surface area (Å²) < 4.78 is 0. The molecule has 2 aliphatic heterocycles. The van der Waals surface area contributed by atoms with Gasteiger partial charge in [0.1, 0.15) is 5.78 Å². The maximum Gasteiger partial charge on any atom is 0.328 e. The number of likely N-dealkylation sites (tertiary alicyclic amines) is 1. The molecule has 17 heavy (non-hydrogen) atoms. The van der Waals surface area contributed by atoms with Crippen LogP contribution in [0.4, 0.5) is 9.59 Å². The highest BCUT2D eigenvalue weighted by atomic mass is 16.2. The summed E-state index contributed by atoms with van der Waals surface area (Å²) in [4.78, 5) is 37.4. The molecule has 2 saturated heterocycles. The minimum absolute atomic E-state index is 0.0754. The van der Waals surface area contributed by atoms with Gasteiger partial charge in [0.15, 0.2) is 0 Å². The summed E-state index contributed by atoms with van der Waals surface area (Å²) in [6, 6.07) is -0.550. The van der Waals surface area contributed by atoms with Crippen molar-refractivity contribution in [2.24, 2.45) is 5.92 Å². The number of rotatable bonds is 1. The molecule has 2 heterocycles. The lowest BCUT2D eigenvalue weighted by Gasteiger charge is -2.32. The zero-order valence-electron chi connectivity index (χ0n) is 9.94. The molecule has 0 bridgehead atoms. The summed E-state index contributed by atoms with van der Waals surface area (Å²) in [6.07, 6.45) is 1.41. The number of urea groups is 2. The smallest absolute Gasteiger partial charge is 0.328 e. The predicted molar refractivity (Wildman–Crippen MR) is 60.5 cm³/mol. The van der Waals surface area contributed by atoms with Crippen molar-refractivity contribution in [2.45, 2.75) is 19.8 Å². The van der Waals surface area contributed by atoms with E-state index in [2.05, 4.69) is 5.32 Å². The third-order valence-electron chi connectivity index (χ3n) is 3.43. The summed E-state index contributed by atoms with van der Waals surface area (Å²) >= 11 is 0. The third kappa shape index (κ3) is 2.40. The predicted octanol–water partition coefficient (Wildman–Crippen LogP) is 0.433. The van der Waals surface area contributed by atoms with Crippen LogP contribution in [0.2, 0.25) is 0 Å². The molecular formula is C11H17N3O3. The van der Waals surface area contributed by atoms with Crippen molar-refractivity contribution < 1.29 is 14.4 Å². The number of hydrogen-bond acceptors (Lipinski definition) is 3. The van der Waals surface area contributed by atoms with Crippen LogP contribution in [0.15, 0.2) is 0 Å². The number of nitrogens with zero attached hydrogens (tertiary/aromatic N) is 2. The second-order valence-corrected chi connectivity index (χ2v) is 4.54. The number of amides is 4. The highest BCUT2D eigenvalue weighted by Gasteiger charge is 2.32. The second kappa shape index (κ2) is 4.73. The summed E-state index contributed by atoms with van der Waals surface area (Å²) in [5.74, 6) is 0.266. The number of carbonyl (C=O) groups is 3. The topological polar surface area (TPSA) is 69.7 Å². The van der Waals surface area contributed by atoms with Crippen LogP contribution in [-0.4, -0.2) is 53.8 Å². The molecule has 2 aliphatic rings. The lowest BCUT2D eigenvalue weighted by atomic mass is 9.93. The first kappa shape index (κ1) is 11.9. The van der Waals surface area contributed by atoms with Crippen LogP contribution in [0.5, 0.6) is 0 Å². The van der Waals surface area contributed by atoms with Gasteiger partial charge in [0.05, 0.1) is 0 Å². The summed E-state index contributed by atoms with van der Waals surface area (Å²) in [6.45, 7) is 3.68. The molecule has 0 aromatic heterocycles. The van der Waals surface area contributed by atoms with Crippen molar-refractivity contribution in [3.05, 3.63) is 0 Å². The normalized spacial score (nSPS) is 21.6. The van der Waals surface area contributed by atoms with E-state index in [1.54, 1.807) is 11.8 Å². The SMILES string of the molecule is CC(=O)C1CCN(C(=O)N2CCNC2=O)CC1. The lowest BCUT2D eigenvalue weighted by molar-refractivity contribution is -0.121. The molecule has 1 N–H and O–H groups in total. The fourth-order valence-electron chi connectivity index (χ4n) is 2.30. The number of hydrogen-bond donors (Lipinski definition) is 1. The van der Waals surface area contributed by atoms with E-state index in [-0.39, 0.29) is 23.8 Å². The third-order valence-corrected chi connectivity index (χ3v) is 3.43. The molecule has 0 aromatic rings. The van der Waals surface area contributed by atoms with Crippen molar-refractivity contribution in [1.82, 2.24) is 15.1 Å². The fourth-order valence-corrected chi connectivity index (χ4v) is 2.30. The molecule has 0 radical (unpaired) electrons. The van der Waals surface area contributed by atoms with Crippen molar-refractivity contribution in [3.8, 4) is 0 Å². The average molecular weight is 239 g/mol. The number of nitrogens with one attached hydrogen (secondary N) is 1. The molecular weight excluding hydrogens is 222 g/mol. The van der Waals surface area contributed by atoms with Crippen LogP contribution < -0.4 is 5.32 Å². The molecule has 0 saturated carbocycles. The Balaban J connectivity index is 1.90. The highest BCUT2D eigenvalue weighted by Crippen LogP contribution is 2.19. The minimum atomic E-state index is -0.316. The molecule has 2 rings (SSSR count). The zero-order chi connectivity index (χ0) is 12.4. The molecule has 0 atom stereocenters. The number of ketones is 1. The van der Waals surface area contributed by atoms with E-state index in [0.29, 0.717) is 39.0 Å². The van der Waals surface area contributed by atoms with Crippen LogP contribution in [0.25, 0.3) is 0 Å². The molecule has 6 heteroatoms.